The molecule has 1 aromatic rings. The van der Waals surface area contributed by atoms with Crippen LogP contribution in [0, 0.1) is 5.92 Å². The summed E-state index contributed by atoms with van der Waals surface area (Å²) < 4.78 is 0. The molecule has 2 amide bonds. The highest BCUT2D eigenvalue weighted by molar-refractivity contribution is 6.35. The number of aliphatic hydroxyl groups is 1. The molecule has 2 rings (SSSR count). The predicted molar refractivity (Wildman–Crippen MR) is 84.1 cm³/mol. The first-order valence-corrected chi connectivity index (χ1v) is 7.85. The van der Waals surface area contributed by atoms with Crippen molar-refractivity contribution in [2.45, 2.75) is 32.3 Å². The molecule has 120 valence electrons. The Morgan fingerprint density at radius 2 is 1.91 bits per heavy atom. The molecule has 1 unspecified atom stereocenters. The Labute approximate surface area is 131 Å². The molecule has 1 aromatic carbocycles. The van der Waals surface area contributed by atoms with Crippen LogP contribution in [-0.4, -0.2) is 47.6 Å². The van der Waals surface area contributed by atoms with E-state index < -0.39 is 17.9 Å². The molecule has 0 saturated carbocycles. The number of carbonyl (C=O) groups excluding carboxylic acids is 2. The molecule has 1 atom stereocenters. The molecule has 1 saturated heterocycles. The van der Waals surface area contributed by atoms with E-state index in [1.54, 1.807) is 11.8 Å². The van der Waals surface area contributed by atoms with E-state index in [1.807, 2.05) is 18.2 Å². The molecule has 1 aliphatic rings. The normalized spacial score (nSPS) is 17.1. The number of hydrogen-bond donors (Lipinski definition) is 2. The number of aliphatic hydroxyl groups excluding tert-OH is 1. The molecule has 0 bridgehead atoms. The maximum atomic E-state index is 12.0. The largest absolute Gasteiger partial charge is 0.392 e. The van der Waals surface area contributed by atoms with Gasteiger partial charge >= 0.3 is 11.8 Å². The van der Waals surface area contributed by atoms with Crippen LogP contribution in [0.15, 0.2) is 30.3 Å². The molecule has 0 aromatic heterocycles. The van der Waals surface area contributed by atoms with Crippen LogP contribution in [0.4, 0.5) is 0 Å². The third-order valence-corrected chi connectivity index (χ3v) is 4.02. The summed E-state index contributed by atoms with van der Waals surface area (Å²) in [5.74, 6) is -0.548. The molecule has 2 N–H and O–H groups in total. The Morgan fingerprint density at radius 1 is 1.27 bits per heavy atom. The predicted octanol–water partition coefficient (Wildman–Crippen LogP) is 0.965. The van der Waals surface area contributed by atoms with Crippen molar-refractivity contribution in [3.8, 4) is 0 Å². The molecule has 1 fully saturated rings. The fourth-order valence-corrected chi connectivity index (χ4v) is 2.75. The highest BCUT2D eigenvalue weighted by Gasteiger charge is 2.26. The first-order chi connectivity index (χ1) is 10.6. The van der Waals surface area contributed by atoms with Gasteiger partial charge < -0.3 is 15.3 Å². The fraction of sp³-hybridized carbons (Fsp3) is 0.529. The van der Waals surface area contributed by atoms with Crippen molar-refractivity contribution in [3.63, 3.8) is 0 Å². The molecule has 1 heterocycles. The lowest BCUT2D eigenvalue weighted by Crippen LogP contribution is -2.47. The van der Waals surface area contributed by atoms with E-state index in [1.165, 1.54) is 5.56 Å². The Balaban J connectivity index is 1.76. The van der Waals surface area contributed by atoms with E-state index in [0.29, 0.717) is 19.0 Å². The summed E-state index contributed by atoms with van der Waals surface area (Å²) in [4.78, 5) is 25.3. The first-order valence-electron chi connectivity index (χ1n) is 7.85. The van der Waals surface area contributed by atoms with Crippen LogP contribution >= 0.6 is 0 Å². The van der Waals surface area contributed by atoms with Gasteiger partial charge in [-0.15, -0.1) is 0 Å². The molecule has 1 aliphatic heterocycles. The van der Waals surface area contributed by atoms with Crippen molar-refractivity contribution in [2.75, 3.05) is 19.6 Å². The topological polar surface area (TPSA) is 69.6 Å². The van der Waals surface area contributed by atoms with Gasteiger partial charge in [-0.25, -0.2) is 0 Å². The van der Waals surface area contributed by atoms with Crippen LogP contribution in [0.25, 0.3) is 0 Å². The Bertz CT molecular complexity index is 494. The molecule has 5 nitrogen and oxygen atoms in total. The monoisotopic (exact) mass is 304 g/mol. The average molecular weight is 304 g/mol. The third kappa shape index (κ3) is 4.84. The Hall–Kier alpha value is -1.88. The van der Waals surface area contributed by atoms with Crippen molar-refractivity contribution >= 4 is 11.8 Å². The zero-order valence-corrected chi connectivity index (χ0v) is 13.0. The number of benzene rings is 1. The van der Waals surface area contributed by atoms with Crippen LogP contribution < -0.4 is 5.32 Å². The van der Waals surface area contributed by atoms with Crippen LogP contribution in [-0.2, 0) is 16.0 Å². The van der Waals surface area contributed by atoms with E-state index in [-0.39, 0.29) is 6.54 Å². The Kier molecular flexibility index (Phi) is 5.95. The third-order valence-electron chi connectivity index (χ3n) is 4.02. The maximum Gasteiger partial charge on any atom is 0.311 e. The number of carbonyl (C=O) groups is 2. The van der Waals surface area contributed by atoms with Crippen LogP contribution in [0.5, 0.6) is 0 Å². The van der Waals surface area contributed by atoms with Crippen molar-refractivity contribution < 1.29 is 14.7 Å². The number of amides is 2. The number of nitrogens with zero attached hydrogens (tertiary/aromatic N) is 1. The standard InChI is InChI=1S/C17H24N2O3/c1-13(20)12-18-16(21)17(22)19-9-7-15(8-10-19)11-14-5-3-2-4-6-14/h2-6,13,15,20H,7-12H2,1H3,(H,18,21). The lowest BCUT2D eigenvalue weighted by Gasteiger charge is -2.31. The van der Waals surface area contributed by atoms with Crippen LogP contribution in [0.3, 0.4) is 0 Å². The smallest absolute Gasteiger partial charge is 0.311 e. The average Bonchev–Trinajstić information content (AvgIpc) is 2.53. The summed E-state index contributed by atoms with van der Waals surface area (Å²) in [6.07, 6.45) is 2.22. The van der Waals surface area contributed by atoms with E-state index in [0.717, 1.165) is 19.3 Å². The van der Waals surface area contributed by atoms with Gasteiger partial charge in [0.05, 0.1) is 6.10 Å². The minimum Gasteiger partial charge on any atom is -0.392 e. The number of nitrogens with one attached hydrogen (secondary N) is 1. The van der Waals surface area contributed by atoms with Gasteiger partial charge in [-0.2, -0.15) is 0 Å². The lowest BCUT2D eigenvalue weighted by atomic mass is 9.90. The molecular weight excluding hydrogens is 280 g/mol. The molecule has 22 heavy (non-hydrogen) atoms. The quantitative estimate of drug-likeness (QED) is 0.814. The summed E-state index contributed by atoms with van der Waals surface area (Å²) in [6, 6.07) is 10.3. The summed E-state index contributed by atoms with van der Waals surface area (Å²) >= 11 is 0. The van der Waals surface area contributed by atoms with E-state index in [9.17, 15) is 9.59 Å². The van der Waals surface area contributed by atoms with Crippen molar-refractivity contribution in [1.82, 2.24) is 10.2 Å². The fourth-order valence-electron chi connectivity index (χ4n) is 2.75. The highest BCUT2D eigenvalue weighted by Crippen LogP contribution is 2.21. The van der Waals surface area contributed by atoms with Crippen molar-refractivity contribution in [2.24, 2.45) is 5.92 Å². The molecular formula is C17H24N2O3. The van der Waals surface area contributed by atoms with Gasteiger partial charge in [-0.05, 0) is 37.7 Å². The van der Waals surface area contributed by atoms with Crippen LogP contribution in [0.2, 0.25) is 0 Å². The minimum absolute atomic E-state index is 0.106. The van der Waals surface area contributed by atoms with Gasteiger partial charge in [-0.1, -0.05) is 30.3 Å². The highest BCUT2D eigenvalue weighted by atomic mass is 16.3. The minimum atomic E-state index is -0.645. The van der Waals surface area contributed by atoms with E-state index in [4.69, 9.17) is 5.11 Å². The van der Waals surface area contributed by atoms with Gasteiger partial charge in [-0.3, -0.25) is 9.59 Å². The summed E-state index contributed by atoms with van der Waals surface area (Å²) in [5, 5.41) is 11.6. The maximum absolute atomic E-state index is 12.0. The van der Waals surface area contributed by atoms with Gasteiger partial charge in [0.15, 0.2) is 0 Å². The SMILES string of the molecule is CC(O)CNC(=O)C(=O)N1CCC(Cc2ccccc2)CC1. The van der Waals surface area contributed by atoms with Gasteiger partial charge in [0.2, 0.25) is 0 Å². The molecule has 0 spiro atoms. The summed E-state index contributed by atoms with van der Waals surface area (Å²) in [5.41, 5.74) is 1.32. The second-order valence-electron chi connectivity index (χ2n) is 5.98. The lowest BCUT2D eigenvalue weighted by molar-refractivity contribution is -0.146. The summed E-state index contributed by atoms with van der Waals surface area (Å²) in [6.45, 7) is 2.92. The van der Waals surface area contributed by atoms with Gasteiger partial charge in [0.25, 0.3) is 0 Å². The number of rotatable bonds is 4. The van der Waals surface area contributed by atoms with Gasteiger partial charge in [0.1, 0.15) is 0 Å². The zero-order chi connectivity index (χ0) is 15.9. The molecule has 5 heteroatoms. The number of piperidine rings is 1. The number of likely N-dealkylation sites (tertiary alicyclic amines) is 1. The van der Waals surface area contributed by atoms with E-state index >= 15 is 0 Å². The van der Waals surface area contributed by atoms with Crippen molar-refractivity contribution in [1.29, 1.82) is 0 Å². The summed E-state index contributed by atoms with van der Waals surface area (Å²) in [7, 11) is 0. The van der Waals surface area contributed by atoms with Gasteiger partial charge in [0, 0.05) is 19.6 Å². The zero-order valence-electron chi connectivity index (χ0n) is 13.0. The van der Waals surface area contributed by atoms with Crippen molar-refractivity contribution in [3.05, 3.63) is 35.9 Å². The molecule has 0 radical (unpaired) electrons. The van der Waals surface area contributed by atoms with Crippen LogP contribution in [0.1, 0.15) is 25.3 Å². The first kappa shape index (κ1) is 16.5. The Morgan fingerprint density at radius 3 is 2.50 bits per heavy atom. The molecule has 0 aliphatic carbocycles. The second-order valence-corrected chi connectivity index (χ2v) is 5.98. The second kappa shape index (κ2) is 7.94. The number of hydrogen-bond acceptors (Lipinski definition) is 3. The van der Waals surface area contributed by atoms with E-state index in [2.05, 4.69) is 17.4 Å².